The smallest absolute Gasteiger partial charge is 0.335 e. The molecular formula is C19H15N3O2. The molecule has 5 nitrogen and oxygen atoms in total. The maximum absolute atomic E-state index is 11.2. The van der Waals surface area contributed by atoms with Gasteiger partial charge in [0.2, 0.25) is 0 Å². The minimum Gasteiger partial charge on any atom is -0.478 e. The number of aromatic carboxylic acids is 1. The average Bonchev–Trinajstić information content (AvgIpc) is 2.62. The number of carboxylic acids is 1. The number of rotatable bonds is 3. The van der Waals surface area contributed by atoms with Crippen molar-refractivity contribution in [2.75, 3.05) is 5.32 Å². The van der Waals surface area contributed by atoms with Crippen molar-refractivity contribution in [3.63, 3.8) is 0 Å². The number of pyridine rings is 2. The molecule has 0 atom stereocenters. The SMILES string of the molecule is O=C(O)c1ccc2c(c1)nc(NC1=CC=CCC1)c1ccncc12. The van der Waals surface area contributed by atoms with Crippen molar-refractivity contribution in [2.45, 2.75) is 12.8 Å². The molecule has 118 valence electrons. The maximum Gasteiger partial charge on any atom is 0.335 e. The molecule has 3 aromatic rings. The van der Waals surface area contributed by atoms with Gasteiger partial charge in [0.1, 0.15) is 5.82 Å². The summed E-state index contributed by atoms with van der Waals surface area (Å²) >= 11 is 0. The molecule has 0 amide bonds. The van der Waals surface area contributed by atoms with Gasteiger partial charge in [0.25, 0.3) is 0 Å². The van der Waals surface area contributed by atoms with Crippen LogP contribution in [-0.2, 0) is 0 Å². The van der Waals surface area contributed by atoms with E-state index in [4.69, 9.17) is 0 Å². The Morgan fingerprint density at radius 2 is 2.08 bits per heavy atom. The number of benzene rings is 1. The van der Waals surface area contributed by atoms with Crippen LogP contribution in [0.3, 0.4) is 0 Å². The molecule has 0 fully saturated rings. The molecule has 0 saturated heterocycles. The fourth-order valence-corrected chi connectivity index (χ4v) is 2.94. The van der Waals surface area contributed by atoms with Crippen LogP contribution < -0.4 is 5.32 Å². The summed E-state index contributed by atoms with van der Waals surface area (Å²) in [4.78, 5) is 20.1. The van der Waals surface area contributed by atoms with Gasteiger partial charge in [-0.3, -0.25) is 4.98 Å². The van der Waals surface area contributed by atoms with Gasteiger partial charge in [-0.05, 0) is 37.1 Å². The molecule has 1 aliphatic rings. The molecule has 0 unspecified atom stereocenters. The number of aromatic nitrogens is 2. The first kappa shape index (κ1) is 14.4. The largest absolute Gasteiger partial charge is 0.478 e. The molecule has 0 radical (unpaired) electrons. The fraction of sp³-hybridized carbons (Fsp3) is 0.105. The third kappa shape index (κ3) is 2.50. The number of carbonyl (C=O) groups is 1. The summed E-state index contributed by atoms with van der Waals surface area (Å²) in [6.45, 7) is 0. The summed E-state index contributed by atoms with van der Waals surface area (Å²) in [5.41, 5.74) is 1.96. The normalized spacial score (nSPS) is 13.9. The quantitative estimate of drug-likeness (QED) is 0.711. The molecule has 4 rings (SSSR count). The number of nitrogens with one attached hydrogen (secondary N) is 1. The lowest BCUT2D eigenvalue weighted by atomic mass is 10.1. The molecule has 0 spiro atoms. The highest BCUT2D eigenvalue weighted by atomic mass is 16.4. The van der Waals surface area contributed by atoms with E-state index in [1.165, 1.54) is 0 Å². The highest BCUT2D eigenvalue weighted by molar-refractivity contribution is 6.11. The van der Waals surface area contributed by atoms with E-state index in [0.717, 1.165) is 40.5 Å². The van der Waals surface area contributed by atoms with Crippen molar-refractivity contribution in [1.29, 1.82) is 0 Å². The molecule has 0 saturated carbocycles. The van der Waals surface area contributed by atoms with Gasteiger partial charge in [-0.15, -0.1) is 0 Å². The molecule has 2 aromatic heterocycles. The lowest BCUT2D eigenvalue weighted by molar-refractivity contribution is 0.0697. The second kappa shape index (κ2) is 5.77. The van der Waals surface area contributed by atoms with Crippen LogP contribution in [0.4, 0.5) is 5.82 Å². The number of hydrogen-bond acceptors (Lipinski definition) is 4. The first-order valence-electron chi connectivity index (χ1n) is 7.76. The minimum atomic E-state index is -0.959. The van der Waals surface area contributed by atoms with Gasteiger partial charge in [0, 0.05) is 34.2 Å². The summed E-state index contributed by atoms with van der Waals surface area (Å²) in [7, 11) is 0. The molecule has 0 bridgehead atoms. The van der Waals surface area contributed by atoms with Gasteiger partial charge in [-0.1, -0.05) is 18.2 Å². The monoisotopic (exact) mass is 317 g/mol. The zero-order valence-corrected chi connectivity index (χ0v) is 12.9. The van der Waals surface area contributed by atoms with Crippen molar-refractivity contribution >= 4 is 33.5 Å². The lowest BCUT2D eigenvalue weighted by Gasteiger charge is -2.15. The van der Waals surface area contributed by atoms with Crippen molar-refractivity contribution in [3.8, 4) is 0 Å². The Morgan fingerprint density at radius 1 is 1.17 bits per heavy atom. The van der Waals surface area contributed by atoms with Gasteiger partial charge in [-0.25, -0.2) is 9.78 Å². The minimum absolute atomic E-state index is 0.226. The van der Waals surface area contributed by atoms with Crippen LogP contribution in [0.1, 0.15) is 23.2 Å². The third-order valence-electron chi connectivity index (χ3n) is 4.14. The van der Waals surface area contributed by atoms with Crippen LogP contribution >= 0.6 is 0 Å². The Balaban J connectivity index is 1.94. The van der Waals surface area contributed by atoms with E-state index >= 15 is 0 Å². The second-order valence-corrected chi connectivity index (χ2v) is 5.70. The molecule has 1 aliphatic carbocycles. The summed E-state index contributed by atoms with van der Waals surface area (Å²) in [6, 6.07) is 6.92. The Labute approximate surface area is 138 Å². The van der Waals surface area contributed by atoms with Crippen LogP contribution in [0.5, 0.6) is 0 Å². The first-order valence-corrected chi connectivity index (χ1v) is 7.76. The zero-order valence-electron chi connectivity index (χ0n) is 12.9. The van der Waals surface area contributed by atoms with Gasteiger partial charge in [-0.2, -0.15) is 0 Å². The van der Waals surface area contributed by atoms with Crippen molar-refractivity contribution in [1.82, 2.24) is 9.97 Å². The maximum atomic E-state index is 11.2. The van der Waals surface area contributed by atoms with Crippen molar-refractivity contribution in [2.24, 2.45) is 0 Å². The van der Waals surface area contributed by atoms with Crippen LogP contribution in [-0.4, -0.2) is 21.0 Å². The molecule has 0 aliphatic heterocycles. The number of carboxylic acid groups (broad SMARTS) is 1. The number of nitrogens with zero attached hydrogens (tertiary/aromatic N) is 2. The van der Waals surface area contributed by atoms with E-state index in [9.17, 15) is 9.90 Å². The number of anilines is 1. The summed E-state index contributed by atoms with van der Waals surface area (Å²) < 4.78 is 0. The van der Waals surface area contributed by atoms with Gasteiger partial charge in [0.15, 0.2) is 0 Å². The lowest BCUT2D eigenvalue weighted by Crippen LogP contribution is -2.04. The van der Waals surface area contributed by atoms with Crippen molar-refractivity contribution in [3.05, 3.63) is 66.1 Å². The number of fused-ring (bicyclic) bond motifs is 3. The Bertz CT molecular complexity index is 1020. The van der Waals surface area contributed by atoms with E-state index in [0.29, 0.717) is 5.52 Å². The van der Waals surface area contributed by atoms with Crippen molar-refractivity contribution < 1.29 is 9.90 Å². The zero-order chi connectivity index (χ0) is 16.5. The second-order valence-electron chi connectivity index (χ2n) is 5.70. The van der Waals surface area contributed by atoms with E-state index in [1.54, 1.807) is 30.6 Å². The van der Waals surface area contributed by atoms with E-state index < -0.39 is 5.97 Å². The Morgan fingerprint density at radius 3 is 2.88 bits per heavy atom. The molecule has 2 heterocycles. The fourth-order valence-electron chi connectivity index (χ4n) is 2.94. The molecule has 2 N–H and O–H groups in total. The van der Waals surface area contributed by atoms with Gasteiger partial charge >= 0.3 is 5.97 Å². The van der Waals surface area contributed by atoms with Gasteiger partial charge in [0.05, 0.1) is 11.1 Å². The van der Waals surface area contributed by atoms with E-state index in [1.807, 2.05) is 18.2 Å². The van der Waals surface area contributed by atoms with E-state index in [-0.39, 0.29) is 5.56 Å². The average molecular weight is 317 g/mol. The molecule has 1 aromatic carbocycles. The Kier molecular flexibility index (Phi) is 3.46. The highest BCUT2D eigenvalue weighted by Crippen LogP contribution is 2.30. The third-order valence-corrected chi connectivity index (χ3v) is 4.14. The van der Waals surface area contributed by atoms with Crippen LogP contribution in [0.2, 0.25) is 0 Å². The topological polar surface area (TPSA) is 75.1 Å². The predicted molar refractivity (Wildman–Crippen MR) is 94.1 cm³/mol. The predicted octanol–water partition coefficient (Wildman–Crippen LogP) is 4.13. The van der Waals surface area contributed by atoms with Crippen LogP contribution in [0.25, 0.3) is 21.7 Å². The Hall–Kier alpha value is -3.21. The molecular weight excluding hydrogens is 302 g/mol. The van der Waals surface area contributed by atoms with Crippen LogP contribution in [0, 0.1) is 0 Å². The number of hydrogen-bond donors (Lipinski definition) is 2. The summed E-state index contributed by atoms with van der Waals surface area (Å²) in [6.07, 6.45) is 11.6. The van der Waals surface area contributed by atoms with E-state index in [2.05, 4.69) is 21.4 Å². The standard InChI is InChI=1S/C19H15N3O2/c23-19(24)12-6-7-14-16-11-20-9-8-15(16)18(22-17(14)10-12)21-13-4-2-1-3-5-13/h1-2,4,6-11H,3,5H2,(H,21,22)(H,23,24). The first-order chi connectivity index (χ1) is 11.7. The highest BCUT2D eigenvalue weighted by Gasteiger charge is 2.12. The molecule has 5 heteroatoms. The van der Waals surface area contributed by atoms with Crippen LogP contribution in [0.15, 0.2) is 60.6 Å². The molecule has 24 heavy (non-hydrogen) atoms. The summed E-state index contributed by atoms with van der Waals surface area (Å²) in [5, 5.41) is 15.4. The number of allylic oxidation sites excluding steroid dienone is 4. The van der Waals surface area contributed by atoms with Gasteiger partial charge < -0.3 is 10.4 Å². The summed E-state index contributed by atoms with van der Waals surface area (Å²) in [5.74, 6) is -0.233.